The number of ether oxygens (including phenoxy) is 1. The molecule has 19 heavy (non-hydrogen) atoms. The first-order chi connectivity index (χ1) is 8.88. The molecule has 0 aromatic heterocycles. The quantitative estimate of drug-likeness (QED) is 0.876. The molecule has 0 saturated heterocycles. The fourth-order valence-corrected chi connectivity index (χ4v) is 2.89. The van der Waals surface area contributed by atoms with Gasteiger partial charge in [-0.1, -0.05) is 26.0 Å². The van der Waals surface area contributed by atoms with Gasteiger partial charge in [-0.3, -0.25) is 0 Å². The fourth-order valence-electron chi connectivity index (χ4n) is 2.89. The predicted octanol–water partition coefficient (Wildman–Crippen LogP) is 3.14. The topological polar surface area (TPSA) is 58.6 Å². The molecule has 1 aliphatic rings. The van der Waals surface area contributed by atoms with Crippen molar-refractivity contribution in [3.05, 3.63) is 24.3 Å². The summed E-state index contributed by atoms with van der Waals surface area (Å²) in [6, 6.07) is 7.43. The van der Waals surface area contributed by atoms with E-state index in [9.17, 15) is 9.90 Å². The van der Waals surface area contributed by atoms with E-state index in [4.69, 9.17) is 4.74 Å². The van der Waals surface area contributed by atoms with Crippen LogP contribution in [-0.2, 0) is 4.79 Å². The Morgan fingerprint density at radius 2 is 2.00 bits per heavy atom. The van der Waals surface area contributed by atoms with Crippen LogP contribution in [0.15, 0.2) is 24.3 Å². The Kier molecular flexibility index (Phi) is 3.43. The van der Waals surface area contributed by atoms with Crippen molar-refractivity contribution >= 4 is 11.7 Å². The molecule has 0 radical (unpaired) electrons. The monoisotopic (exact) mass is 263 g/mol. The molecular formula is C15H21NO3. The zero-order valence-electron chi connectivity index (χ0n) is 11.7. The third-order valence-electron chi connectivity index (χ3n) is 3.90. The minimum absolute atomic E-state index is 0.0490. The van der Waals surface area contributed by atoms with Crippen LogP contribution < -0.4 is 10.1 Å². The van der Waals surface area contributed by atoms with Gasteiger partial charge in [0.15, 0.2) is 0 Å². The zero-order valence-corrected chi connectivity index (χ0v) is 11.7. The van der Waals surface area contributed by atoms with Gasteiger partial charge in [0.25, 0.3) is 0 Å². The smallest absolute Gasteiger partial charge is 0.329 e. The molecule has 2 rings (SSSR count). The first-order valence-electron chi connectivity index (χ1n) is 6.53. The second kappa shape index (κ2) is 4.76. The van der Waals surface area contributed by atoms with E-state index in [0.717, 1.165) is 12.1 Å². The van der Waals surface area contributed by atoms with Crippen molar-refractivity contribution in [3.63, 3.8) is 0 Å². The van der Waals surface area contributed by atoms with E-state index < -0.39 is 11.5 Å². The van der Waals surface area contributed by atoms with Gasteiger partial charge in [-0.2, -0.15) is 0 Å². The Hall–Kier alpha value is -1.71. The van der Waals surface area contributed by atoms with E-state index in [1.165, 1.54) is 0 Å². The van der Waals surface area contributed by atoms with Crippen LogP contribution in [0.5, 0.6) is 5.75 Å². The summed E-state index contributed by atoms with van der Waals surface area (Å²) in [5, 5.41) is 12.8. The van der Waals surface area contributed by atoms with Gasteiger partial charge in [-0.05, 0) is 36.8 Å². The summed E-state index contributed by atoms with van der Waals surface area (Å²) in [5.74, 6) is -0.114. The molecule has 1 fully saturated rings. The highest BCUT2D eigenvalue weighted by atomic mass is 16.5. The van der Waals surface area contributed by atoms with Crippen LogP contribution >= 0.6 is 0 Å². The number of anilines is 1. The van der Waals surface area contributed by atoms with Crippen molar-refractivity contribution in [1.82, 2.24) is 0 Å². The van der Waals surface area contributed by atoms with E-state index >= 15 is 0 Å². The summed E-state index contributed by atoms with van der Waals surface area (Å²) in [6.45, 7) is 4.23. The van der Waals surface area contributed by atoms with E-state index in [2.05, 4.69) is 19.2 Å². The molecule has 1 unspecified atom stereocenters. The van der Waals surface area contributed by atoms with E-state index in [-0.39, 0.29) is 5.41 Å². The molecule has 1 aromatic carbocycles. The molecule has 4 nitrogen and oxygen atoms in total. The van der Waals surface area contributed by atoms with Crippen LogP contribution in [0.25, 0.3) is 0 Å². The third-order valence-corrected chi connectivity index (χ3v) is 3.90. The van der Waals surface area contributed by atoms with Gasteiger partial charge in [0.1, 0.15) is 11.3 Å². The highest BCUT2D eigenvalue weighted by Crippen LogP contribution is 2.46. The summed E-state index contributed by atoms with van der Waals surface area (Å²) in [5.41, 5.74) is -0.101. The molecule has 1 aromatic rings. The lowest BCUT2D eigenvalue weighted by Gasteiger charge is -2.29. The number of nitrogens with one attached hydrogen (secondary N) is 1. The number of carbonyl (C=O) groups is 1. The standard InChI is InChI=1S/C15H21NO3/c1-14(2)8-9-15(10-14,13(17)18)16-11-6-4-5-7-12(11)19-3/h4-7,16H,8-10H2,1-3H3,(H,17,18). The number of methoxy groups -OCH3 is 1. The summed E-state index contributed by atoms with van der Waals surface area (Å²) in [7, 11) is 1.59. The zero-order chi connectivity index (χ0) is 14.1. The molecule has 1 aliphatic carbocycles. The van der Waals surface area contributed by atoms with Gasteiger partial charge in [0.2, 0.25) is 0 Å². The van der Waals surface area contributed by atoms with Gasteiger partial charge in [0, 0.05) is 0 Å². The number of hydrogen-bond donors (Lipinski definition) is 2. The average Bonchev–Trinajstić information content (AvgIpc) is 2.67. The number of carboxylic acid groups (broad SMARTS) is 1. The Labute approximate surface area is 113 Å². The number of para-hydroxylation sites is 2. The van der Waals surface area contributed by atoms with Crippen molar-refractivity contribution < 1.29 is 14.6 Å². The summed E-state index contributed by atoms with van der Waals surface area (Å²) < 4.78 is 5.28. The van der Waals surface area contributed by atoms with E-state index in [1.54, 1.807) is 7.11 Å². The first kappa shape index (κ1) is 13.7. The van der Waals surface area contributed by atoms with Gasteiger partial charge < -0.3 is 15.2 Å². The maximum atomic E-state index is 11.7. The number of aliphatic carboxylic acids is 1. The minimum atomic E-state index is -0.891. The largest absolute Gasteiger partial charge is 0.495 e. The predicted molar refractivity (Wildman–Crippen MR) is 74.6 cm³/mol. The Bertz CT molecular complexity index is 484. The van der Waals surface area contributed by atoms with Crippen LogP contribution in [0, 0.1) is 5.41 Å². The van der Waals surface area contributed by atoms with Crippen molar-refractivity contribution in [3.8, 4) is 5.75 Å². The molecule has 0 amide bonds. The van der Waals surface area contributed by atoms with Gasteiger partial charge >= 0.3 is 5.97 Å². The minimum Gasteiger partial charge on any atom is -0.495 e. The van der Waals surface area contributed by atoms with Gasteiger partial charge in [-0.25, -0.2) is 4.79 Å². The number of rotatable bonds is 4. The second-order valence-corrected chi connectivity index (χ2v) is 6.05. The third kappa shape index (κ3) is 2.67. The molecule has 1 atom stereocenters. The summed E-state index contributed by atoms with van der Waals surface area (Å²) >= 11 is 0. The number of benzene rings is 1. The van der Waals surface area contributed by atoms with Crippen molar-refractivity contribution in [2.75, 3.05) is 12.4 Å². The van der Waals surface area contributed by atoms with Crippen LogP contribution in [0.3, 0.4) is 0 Å². The second-order valence-electron chi connectivity index (χ2n) is 6.05. The molecule has 4 heteroatoms. The highest BCUT2D eigenvalue weighted by Gasteiger charge is 2.49. The Morgan fingerprint density at radius 1 is 1.32 bits per heavy atom. The number of hydrogen-bond acceptors (Lipinski definition) is 3. The van der Waals surface area contributed by atoms with E-state index in [0.29, 0.717) is 18.6 Å². The summed E-state index contributed by atoms with van der Waals surface area (Å²) in [6.07, 6.45) is 2.15. The summed E-state index contributed by atoms with van der Waals surface area (Å²) in [4.78, 5) is 11.7. The Balaban J connectivity index is 2.30. The van der Waals surface area contributed by atoms with Gasteiger partial charge in [-0.15, -0.1) is 0 Å². The molecule has 1 saturated carbocycles. The molecule has 0 heterocycles. The fraction of sp³-hybridized carbons (Fsp3) is 0.533. The normalized spacial score (nSPS) is 25.0. The lowest BCUT2D eigenvalue weighted by molar-refractivity contribution is -0.142. The van der Waals surface area contributed by atoms with Gasteiger partial charge in [0.05, 0.1) is 12.8 Å². The van der Waals surface area contributed by atoms with Crippen LogP contribution in [0.2, 0.25) is 0 Å². The maximum Gasteiger partial charge on any atom is 0.329 e. The van der Waals surface area contributed by atoms with Crippen LogP contribution in [0.1, 0.15) is 33.1 Å². The lowest BCUT2D eigenvalue weighted by Crippen LogP contribution is -2.44. The van der Waals surface area contributed by atoms with E-state index in [1.807, 2.05) is 24.3 Å². The highest BCUT2D eigenvalue weighted by molar-refractivity contribution is 5.84. The molecule has 0 bridgehead atoms. The van der Waals surface area contributed by atoms with Crippen molar-refractivity contribution in [2.24, 2.45) is 5.41 Å². The van der Waals surface area contributed by atoms with Crippen LogP contribution in [0.4, 0.5) is 5.69 Å². The maximum absolute atomic E-state index is 11.7. The van der Waals surface area contributed by atoms with Crippen LogP contribution in [-0.4, -0.2) is 23.7 Å². The first-order valence-corrected chi connectivity index (χ1v) is 6.53. The number of carboxylic acids is 1. The SMILES string of the molecule is COc1ccccc1NC1(C(=O)O)CCC(C)(C)C1. The van der Waals surface area contributed by atoms with Crippen molar-refractivity contribution in [1.29, 1.82) is 0 Å². The van der Waals surface area contributed by atoms with Crippen molar-refractivity contribution in [2.45, 2.75) is 38.6 Å². The Morgan fingerprint density at radius 3 is 2.53 bits per heavy atom. The lowest BCUT2D eigenvalue weighted by atomic mass is 9.87. The molecular weight excluding hydrogens is 242 g/mol. The molecule has 0 aliphatic heterocycles. The molecule has 2 N–H and O–H groups in total. The molecule has 104 valence electrons. The molecule has 0 spiro atoms. The average molecular weight is 263 g/mol.